The lowest BCUT2D eigenvalue weighted by Crippen LogP contribution is -2.51. The van der Waals surface area contributed by atoms with Crippen LogP contribution in [-0.2, 0) is 11.3 Å². The second-order valence-corrected chi connectivity index (χ2v) is 9.44. The summed E-state index contributed by atoms with van der Waals surface area (Å²) < 4.78 is 21.0. The summed E-state index contributed by atoms with van der Waals surface area (Å²) in [6, 6.07) is 7.95. The van der Waals surface area contributed by atoms with Gasteiger partial charge in [0.1, 0.15) is 16.1 Å². The molecule has 2 aromatic heterocycles. The third kappa shape index (κ3) is 4.71. The number of rotatable bonds is 3. The van der Waals surface area contributed by atoms with E-state index in [-0.39, 0.29) is 17.5 Å². The highest BCUT2D eigenvalue weighted by Crippen LogP contribution is 2.22. The molecule has 4 rings (SSSR count). The molecule has 0 aliphatic carbocycles. The number of nitrogens with zero attached hydrogens (tertiary/aromatic N) is 4. The second kappa shape index (κ2) is 8.30. The number of ether oxygens (including phenoxy) is 1. The molecular formula is C22H25FN4O3S. The van der Waals surface area contributed by atoms with Crippen molar-refractivity contribution in [3.8, 4) is 0 Å². The molecule has 9 heteroatoms. The molecule has 0 radical (unpaired) electrons. The van der Waals surface area contributed by atoms with Gasteiger partial charge in [0.15, 0.2) is 0 Å². The Morgan fingerprint density at radius 1 is 1.13 bits per heavy atom. The van der Waals surface area contributed by atoms with E-state index in [2.05, 4.69) is 0 Å². The first kappa shape index (κ1) is 21.3. The van der Waals surface area contributed by atoms with Gasteiger partial charge in [0, 0.05) is 26.2 Å². The molecule has 0 spiro atoms. The molecule has 31 heavy (non-hydrogen) atoms. The molecule has 7 nitrogen and oxygen atoms in total. The van der Waals surface area contributed by atoms with Crippen LogP contribution in [-0.4, -0.2) is 52.3 Å². The predicted molar refractivity (Wildman–Crippen MR) is 119 cm³/mol. The van der Waals surface area contributed by atoms with Crippen LogP contribution in [0.25, 0.3) is 10.2 Å². The SMILES string of the molecule is CC(C)(C)OC(=O)N1CCN(c2nc3ccsc3c(=O)n2Cc2ccc(F)cc2)CC1. The van der Waals surface area contributed by atoms with Crippen molar-refractivity contribution >= 4 is 33.6 Å². The van der Waals surface area contributed by atoms with Crippen LogP contribution >= 0.6 is 11.3 Å². The molecule has 1 aliphatic heterocycles. The third-order valence-corrected chi connectivity index (χ3v) is 5.91. The molecule has 3 aromatic rings. The van der Waals surface area contributed by atoms with Gasteiger partial charge in [-0.25, -0.2) is 14.2 Å². The molecule has 1 aromatic carbocycles. The van der Waals surface area contributed by atoms with Crippen molar-refractivity contribution in [1.29, 1.82) is 0 Å². The number of amides is 1. The maximum atomic E-state index is 13.3. The number of piperazine rings is 1. The number of halogens is 1. The van der Waals surface area contributed by atoms with E-state index in [1.54, 1.807) is 21.6 Å². The van der Waals surface area contributed by atoms with Gasteiger partial charge in [-0.05, 0) is 49.9 Å². The van der Waals surface area contributed by atoms with Crippen LogP contribution in [0.15, 0.2) is 40.5 Å². The summed E-state index contributed by atoms with van der Waals surface area (Å²) in [5.74, 6) is 0.241. The van der Waals surface area contributed by atoms with Crippen LogP contribution in [0.4, 0.5) is 15.1 Å². The highest BCUT2D eigenvalue weighted by Gasteiger charge is 2.28. The number of fused-ring (bicyclic) bond motifs is 1. The van der Waals surface area contributed by atoms with Crippen LogP contribution in [0, 0.1) is 5.82 Å². The van der Waals surface area contributed by atoms with E-state index in [1.807, 2.05) is 37.1 Å². The molecular weight excluding hydrogens is 419 g/mol. The summed E-state index contributed by atoms with van der Waals surface area (Å²) in [4.78, 5) is 34.0. The van der Waals surface area contributed by atoms with E-state index in [0.29, 0.717) is 48.9 Å². The topological polar surface area (TPSA) is 67.7 Å². The molecule has 0 bridgehead atoms. The number of aromatic nitrogens is 2. The molecule has 0 N–H and O–H groups in total. The Labute approximate surface area is 183 Å². The average Bonchev–Trinajstić information content (AvgIpc) is 3.19. The Balaban J connectivity index is 1.61. The first-order valence-electron chi connectivity index (χ1n) is 10.2. The van der Waals surface area contributed by atoms with Gasteiger partial charge in [-0.2, -0.15) is 0 Å². The van der Waals surface area contributed by atoms with Gasteiger partial charge in [0.2, 0.25) is 5.95 Å². The Morgan fingerprint density at radius 3 is 2.45 bits per heavy atom. The smallest absolute Gasteiger partial charge is 0.410 e. The van der Waals surface area contributed by atoms with Crippen molar-refractivity contribution in [3.05, 3.63) is 57.4 Å². The first-order valence-corrected chi connectivity index (χ1v) is 11.0. The zero-order valence-corrected chi connectivity index (χ0v) is 18.6. The number of hydrogen-bond acceptors (Lipinski definition) is 6. The van der Waals surface area contributed by atoms with E-state index in [1.165, 1.54) is 23.5 Å². The van der Waals surface area contributed by atoms with Gasteiger partial charge in [-0.3, -0.25) is 9.36 Å². The first-order chi connectivity index (χ1) is 14.7. The van der Waals surface area contributed by atoms with E-state index >= 15 is 0 Å². The number of hydrogen-bond donors (Lipinski definition) is 0. The maximum absolute atomic E-state index is 13.3. The molecule has 1 fully saturated rings. The van der Waals surface area contributed by atoms with Crippen molar-refractivity contribution < 1.29 is 13.9 Å². The van der Waals surface area contributed by atoms with Gasteiger partial charge >= 0.3 is 6.09 Å². The standard InChI is InChI=1S/C22H25FN4O3S/c1-22(2,3)30-21(29)26-11-9-25(10-12-26)20-24-17-8-13-31-18(17)19(28)27(20)14-15-4-6-16(23)7-5-15/h4-8,13H,9-12,14H2,1-3H3. The fourth-order valence-electron chi connectivity index (χ4n) is 3.50. The number of carbonyl (C=O) groups excluding carboxylic acids is 1. The van der Waals surface area contributed by atoms with Crippen molar-refractivity contribution in [2.75, 3.05) is 31.1 Å². The molecule has 1 aliphatic rings. The summed E-state index contributed by atoms with van der Waals surface area (Å²) in [6.07, 6.45) is -0.336. The normalized spacial score (nSPS) is 14.8. The van der Waals surface area contributed by atoms with E-state index in [0.717, 1.165) is 5.56 Å². The van der Waals surface area contributed by atoms with Gasteiger partial charge in [0.25, 0.3) is 5.56 Å². The number of anilines is 1. The quantitative estimate of drug-likeness (QED) is 0.616. The zero-order valence-electron chi connectivity index (χ0n) is 17.8. The fourth-order valence-corrected chi connectivity index (χ4v) is 4.28. The van der Waals surface area contributed by atoms with Gasteiger partial charge < -0.3 is 14.5 Å². The van der Waals surface area contributed by atoms with E-state index < -0.39 is 5.60 Å². The largest absolute Gasteiger partial charge is 0.444 e. The van der Waals surface area contributed by atoms with Gasteiger partial charge in [0.05, 0.1) is 12.1 Å². The Bertz CT molecular complexity index is 1140. The van der Waals surface area contributed by atoms with Gasteiger partial charge in [-0.1, -0.05) is 12.1 Å². The highest BCUT2D eigenvalue weighted by atomic mass is 32.1. The summed E-state index contributed by atoms with van der Waals surface area (Å²) in [6.45, 7) is 7.84. The number of carbonyl (C=O) groups is 1. The van der Waals surface area contributed by atoms with Crippen LogP contribution in [0.1, 0.15) is 26.3 Å². The third-order valence-electron chi connectivity index (χ3n) is 5.01. The predicted octanol–water partition coefficient (Wildman–Crippen LogP) is 3.70. The number of benzene rings is 1. The van der Waals surface area contributed by atoms with Crippen LogP contribution < -0.4 is 10.5 Å². The molecule has 3 heterocycles. The molecule has 0 atom stereocenters. The molecule has 0 unspecified atom stereocenters. The van der Waals surface area contributed by atoms with Crippen LogP contribution in [0.3, 0.4) is 0 Å². The molecule has 0 saturated carbocycles. The lowest BCUT2D eigenvalue weighted by Gasteiger charge is -2.36. The van der Waals surface area contributed by atoms with Crippen LogP contribution in [0.5, 0.6) is 0 Å². The Morgan fingerprint density at radius 2 is 1.81 bits per heavy atom. The minimum Gasteiger partial charge on any atom is -0.444 e. The van der Waals surface area contributed by atoms with Crippen molar-refractivity contribution in [2.45, 2.75) is 32.9 Å². The van der Waals surface area contributed by atoms with E-state index in [4.69, 9.17) is 9.72 Å². The van der Waals surface area contributed by atoms with Crippen molar-refractivity contribution in [3.63, 3.8) is 0 Å². The lowest BCUT2D eigenvalue weighted by atomic mass is 10.2. The minimum atomic E-state index is -0.546. The molecule has 1 amide bonds. The Kier molecular flexibility index (Phi) is 5.70. The summed E-state index contributed by atoms with van der Waals surface area (Å²) in [5, 5.41) is 1.85. The summed E-state index contributed by atoms with van der Waals surface area (Å²) >= 11 is 1.36. The summed E-state index contributed by atoms with van der Waals surface area (Å²) in [7, 11) is 0. The zero-order chi connectivity index (χ0) is 22.2. The minimum absolute atomic E-state index is 0.117. The monoisotopic (exact) mass is 444 g/mol. The Hall–Kier alpha value is -2.94. The second-order valence-electron chi connectivity index (χ2n) is 8.52. The molecule has 164 valence electrons. The van der Waals surface area contributed by atoms with Crippen molar-refractivity contribution in [1.82, 2.24) is 14.5 Å². The number of thiophene rings is 1. The average molecular weight is 445 g/mol. The molecule has 1 saturated heterocycles. The lowest BCUT2D eigenvalue weighted by molar-refractivity contribution is 0.0240. The van der Waals surface area contributed by atoms with Gasteiger partial charge in [-0.15, -0.1) is 11.3 Å². The highest BCUT2D eigenvalue weighted by molar-refractivity contribution is 7.17. The van der Waals surface area contributed by atoms with E-state index in [9.17, 15) is 14.0 Å². The van der Waals surface area contributed by atoms with Crippen LogP contribution in [0.2, 0.25) is 0 Å². The van der Waals surface area contributed by atoms with Crippen molar-refractivity contribution in [2.24, 2.45) is 0 Å². The summed E-state index contributed by atoms with van der Waals surface area (Å²) in [5.41, 5.74) is 0.814. The fraction of sp³-hybridized carbons (Fsp3) is 0.409. The maximum Gasteiger partial charge on any atom is 0.410 e.